The van der Waals surface area contributed by atoms with Crippen LogP contribution >= 0.6 is 0 Å². The fourth-order valence-corrected chi connectivity index (χ4v) is 13.0. The molecular formula is C55H64F2N10O5. The summed E-state index contributed by atoms with van der Waals surface area (Å²) in [6.45, 7) is 12.0. The molecule has 6 aromatic rings. The van der Waals surface area contributed by atoms with Gasteiger partial charge in [0, 0.05) is 93.6 Å². The van der Waals surface area contributed by atoms with Crippen molar-refractivity contribution in [2.45, 2.75) is 102 Å². The van der Waals surface area contributed by atoms with Crippen molar-refractivity contribution in [1.29, 1.82) is 0 Å². The van der Waals surface area contributed by atoms with E-state index >= 15 is 8.78 Å². The Hall–Kier alpha value is -6.04. The maximum Gasteiger partial charge on any atom is 0.319 e. The summed E-state index contributed by atoms with van der Waals surface area (Å²) in [7, 11) is 1.92. The molecule has 2 saturated carbocycles. The van der Waals surface area contributed by atoms with Crippen LogP contribution in [0.3, 0.4) is 0 Å². The number of benzene rings is 3. The third kappa shape index (κ3) is 8.57. The molecule has 2 atom stereocenters. The quantitative estimate of drug-likeness (QED) is 0.110. The number of nitrogens with one attached hydrogen (secondary N) is 1. The first-order valence-electron chi connectivity index (χ1n) is 26.1. The smallest absolute Gasteiger partial charge is 0.319 e. The molecule has 6 fully saturated rings. The second-order valence-electron chi connectivity index (χ2n) is 22.4. The number of carbonyl (C=O) groups excluding carboxylic acids is 2. The van der Waals surface area contributed by atoms with E-state index in [9.17, 15) is 19.8 Å². The van der Waals surface area contributed by atoms with Gasteiger partial charge in [-0.15, -0.1) is 0 Å². The number of anilines is 2. The van der Waals surface area contributed by atoms with Crippen LogP contribution in [0, 0.1) is 22.5 Å². The molecule has 1 spiro atoms. The molecular weight excluding hydrogens is 919 g/mol. The zero-order valence-corrected chi connectivity index (χ0v) is 41.5. The third-order valence-corrected chi connectivity index (χ3v) is 17.3. The monoisotopic (exact) mass is 983 g/mol. The lowest BCUT2D eigenvalue weighted by Gasteiger charge is -2.56. The molecule has 2 aliphatic carbocycles. The number of amides is 2. The van der Waals surface area contributed by atoms with E-state index in [4.69, 9.17) is 19.8 Å². The minimum absolute atomic E-state index is 0.0223. The molecule has 4 saturated heterocycles. The SMILES string of the molecule is CCc1c(F)ccc2cc(O)cc(-c3ncc4c(N5CCC[C@@](C)(O)C5)nc(OCC5(CN6CCC7(CC6)CC(N6CCN(c8ccc9c(C%10CCC(=O)NC%10=O)nn(C)c9c8)CC6)C7)CC5)nc4c3F)c12. The van der Waals surface area contributed by atoms with E-state index in [1.165, 1.54) is 43.5 Å². The van der Waals surface area contributed by atoms with E-state index in [2.05, 4.69) is 43.2 Å². The van der Waals surface area contributed by atoms with Gasteiger partial charge in [0.1, 0.15) is 28.6 Å². The number of piperazine rings is 1. The Morgan fingerprint density at radius 3 is 2.43 bits per heavy atom. The minimum atomic E-state index is -0.959. The molecule has 0 radical (unpaired) electrons. The van der Waals surface area contributed by atoms with Gasteiger partial charge in [0.15, 0.2) is 5.82 Å². The molecule has 4 aliphatic heterocycles. The standard InChI is InChI=1S/C55H64F2N10O5/c1-4-37-42(56)10-6-33-24-36(68)26-40(45(33)37)48-46(57)49-41(29-58-48)50(67-17-5-12-53(2,71)30-67)61-52(60-49)72-32-55(13-14-55)31-64-18-15-54(16-19-64)27-35(28-54)66-22-20-65(21-23-66)34-7-8-38-43(25-34)63(3)62-47(38)39-9-11-44(69)59-51(39)70/h6-8,10,24-26,29,35,39,68,71H,4-5,9,11-23,27-28,30-32H2,1-3H3,(H,59,69,70)/t39?,53-/m1/s1. The zero-order chi connectivity index (χ0) is 49.7. The van der Waals surface area contributed by atoms with Crippen molar-refractivity contribution in [2.75, 3.05) is 75.3 Å². The number of imide groups is 1. The molecule has 3 aromatic carbocycles. The molecule has 2 amide bonds. The fourth-order valence-electron chi connectivity index (χ4n) is 13.0. The number of nitrogens with zero attached hydrogens (tertiary/aromatic N) is 9. The van der Waals surface area contributed by atoms with Gasteiger partial charge < -0.3 is 29.6 Å². The molecule has 3 N–H and O–H groups in total. The number of β-amino-alcohol motifs (C(OH)–C–C–N with tert-alkyl or cyclic N) is 1. The summed E-state index contributed by atoms with van der Waals surface area (Å²) in [6.07, 6.45) is 11.0. The van der Waals surface area contributed by atoms with Gasteiger partial charge in [-0.25, -0.2) is 8.78 Å². The van der Waals surface area contributed by atoms with Crippen LogP contribution in [-0.4, -0.2) is 134 Å². The highest BCUT2D eigenvalue weighted by Crippen LogP contribution is 2.53. The first kappa shape index (κ1) is 47.0. The van der Waals surface area contributed by atoms with Crippen molar-refractivity contribution in [2.24, 2.45) is 17.9 Å². The van der Waals surface area contributed by atoms with E-state index in [1.54, 1.807) is 25.3 Å². The molecule has 17 heteroatoms. The number of rotatable bonds is 11. The fraction of sp³-hybridized carbons (Fsp3) is 0.527. The summed E-state index contributed by atoms with van der Waals surface area (Å²) in [5, 5.41) is 31.5. The van der Waals surface area contributed by atoms with E-state index in [0.29, 0.717) is 84.4 Å². The number of halogens is 2. The van der Waals surface area contributed by atoms with Gasteiger partial charge in [0.2, 0.25) is 11.8 Å². The van der Waals surface area contributed by atoms with Crippen LogP contribution in [0.5, 0.6) is 11.8 Å². The second-order valence-corrected chi connectivity index (χ2v) is 22.4. The molecule has 378 valence electrons. The maximum absolute atomic E-state index is 17.2. The summed E-state index contributed by atoms with van der Waals surface area (Å²) in [5.74, 6) is -1.65. The van der Waals surface area contributed by atoms with Crippen molar-refractivity contribution in [3.05, 3.63) is 71.6 Å². The zero-order valence-electron chi connectivity index (χ0n) is 41.5. The Balaban J connectivity index is 0.686. The largest absolute Gasteiger partial charge is 0.508 e. The van der Waals surface area contributed by atoms with Gasteiger partial charge in [-0.2, -0.15) is 15.1 Å². The van der Waals surface area contributed by atoms with Crippen LogP contribution < -0.4 is 19.9 Å². The Bertz CT molecular complexity index is 3130. The highest BCUT2D eigenvalue weighted by atomic mass is 19.1. The molecule has 6 aliphatic rings. The summed E-state index contributed by atoms with van der Waals surface area (Å²) < 4.78 is 40.7. The Kier molecular flexibility index (Phi) is 11.7. The van der Waals surface area contributed by atoms with E-state index in [1.807, 2.05) is 23.6 Å². The van der Waals surface area contributed by atoms with E-state index < -0.39 is 23.2 Å². The summed E-state index contributed by atoms with van der Waals surface area (Å²) >= 11 is 0. The van der Waals surface area contributed by atoms with Crippen LogP contribution in [0.25, 0.3) is 43.8 Å². The predicted octanol–water partition coefficient (Wildman–Crippen LogP) is 7.38. The second kappa shape index (κ2) is 17.9. The number of pyridine rings is 1. The van der Waals surface area contributed by atoms with Gasteiger partial charge in [0.05, 0.1) is 34.7 Å². The van der Waals surface area contributed by atoms with Crippen molar-refractivity contribution < 1.29 is 33.3 Å². The van der Waals surface area contributed by atoms with Crippen molar-refractivity contribution in [3.63, 3.8) is 0 Å². The van der Waals surface area contributed by atoms with Crippen LogP contribution in [0.1, 0.15) is 95.2 Å². The number of phenols is 1. The van der Waals surface area contributed by atoms with Gasteiger partial charge in [-0.3, -0.25) is 29.5 Å². The van der Waals surface area contributed by atoms with Gasteiger partial charge >= 0.3 is 6.01 Å². The number of aromatic nitrogens is 5. The normalized spacial score (nSPS) is 23.8. The molecule has 72 heavy (non-hydrogen) atoms. The topological polar surface area (TPSA) is 165 Å². The van der Waals surface area contributed by atoms with Gasteiger partial charge in [-0.05, 0) is 142 Å². The third-order valence-electron chi connectivity index (χ3n) is 17.3. The van der Waals surface area contributed by atoms with Crippen molar-refractivity contribution in [1.82, 2.24) is 39.8 Å². The molecule has 7 heterocycles. The number of carbonyl (C=O) groups is 2. The molecule has 3 aromatic heterocycles. The Labute approximate surface area is 417 Å². The number of aliphatic hydroxyl groups is 1. The van der Waals surface area contributed by atoms with Crippen LogP contribution in [0.15, 0.2) is 48.7 Å². The molecule has 1 unspecified atom stereocenters. The molecule has 12 rings (SSSR count). The number of aryl methyl sites for hydroxylation is 2. The van der Waals surface area contributed by atoms with Crippen molar-refractivity contribution in [3.8, 4) is 23.0 Å². The number of aromatic hydroxyl groups is 1. The molecule has 0 bridgehead atoms. The lowest BCUT2D eigenvalue weighted by molar-refractivity contribution is -0.134. The average molecular weight is 983 g/mol. The number of piperidine rings is 3. The van der Waals surface area contributed by atoms with E-state index in [0.717, 1.165) is 81.7 Å². The van der Waals surface area contributed by atoms with Gasteiger partial charge in [-0.1, -0.05) is 13.0 Å². The number of likely N-dealkylation sites (tertiary alicyclic amines) is 1. The number of hydrogen-bond donors (Lipinski definition) is 3. The van der Waals surface area contributed by atoms with Crippen LogP contribution in [-0.2, 0) is 23.1 Å². The maximum atomic E-state index is 17.2. The number of fused-ring (bicyclic) bond motifs is 3. The number of hydrogen-bond acceptors (Lipinski definition) is 13. The highest BCUT2D eigenvalue weighted by molar-refractivity contribution is 6.03. The van der Waals surface area contributed by atoms with Crippen molar-refractivity contribution >= 4 is 55.9 Å². The average Bonchev–Trinajstić information content (AvgIpc) is 4.05. The lowest BCUT2D eigenvalue weighted by atomic mass is 9.60. The number of phenolic OH excluding ortho intramolecular Hbond substituents is 1. The highest BCUT2D eigenvalue weighted by Gasteiger charge is 2.51. The molecule has 15 nitrogen and oxygen atoms in total. The first-order valence-corrected chi connectivity index (χ1v) is 26.1. The van der Waals surface area contributed by atoms with E-state index in [-0.39, 0.29) is 45.8 Å². The minimum Gasteiger partial charge on any atom is -0.508 e. The first-order chi connectivity index (χ1) is 34.7. The predicted molar refractivity (Wildman–Crippen MR) is 271 cm³/mol. The van der Waals surface area contributed by atoms with Gasteiger partial charge in [0.25, 0.3) is 0 Å². The summed E-state index contributed by atoms with van der Waals surface area (Å²) in [6, 6.07) is 13.1. The summed E-state index contributed by atoms with van der Waals surface area (Å²) in [4.78, 5) is 48.4. The van der Waals surface area contributed by atoms with Crippen LogP contribution in [0.4, 0.5) is 20.3 Å². The summed E-state index contributed by atoms with van der Waals surface area (Å²) in [5.41, 5.74) is 2.98. The number of ether oxygens (including phenoxy) is 1. The van der Waals surface area contributed by atoms with Crippen LogP contribution in [0.2, 0.25) is 0 Å². The Morgan fingerprint density at radius 1 is 0.903 bits per heavy atom. The lowest BCUT2D eigenvalue weighted by Crippen LogP contribution is -2.59. The Morgan fingerprint density at radius 2 is 1.69 bits per heavy atom.